The highest BCUT2D eigenvalue weighted by molar-refractivity contribution is 5.88. The van der Waals surface area contributed by atoms with Crippen LogP contribution in [-0.2, 0) is 9.59 Å². The molecule has 26 heavy (non-hydrogen) atoms. The molecule has 1 aliphatic heterocycles. The zero-order chi connectivity index (χ0) is 18.7. The van der Waals surface area contributed by atoms with Crippen LogP contribution < -0.4 is 15.5 Å². The molecule has 0 unspecified atom stereocenters. The second kappa shape index (κ2) is 8.11. The molecule has 5 nitrogen and oxygen atoms in total. The van der Waals surface area contributed by atoms with E-state index in [1.54, 1.807) is 0 Å². The number of carbonyl (C=O) groups is 2. The lowest BCUT2D eigenvalue weighted by Gasteiger charge is -2.40. The van der Waals surface area contributed by atoms with Gasteiger partial charge in [0.25, 0.3) is 0 Å². The largest absolute Gasteiger partial charge is 0.359 e. The van der Waals surface area contributed by atoms with Gasteiger partial charge in [0.15, 0.2) is 0 Å². The van der Waals surface area contributed by atoms with Gasteiger partial charge in [0, 0.05) is 24.3 Å². The van der Waals surface area contributed by atoms with Gasteiger partial charge in [-0.2, -0.15) is 0 Å². The molecule has 0 saturated heterocycles. The Morgan fingerprint density at radius 2 is 2.00 bits per heavy atom. The molecule has 1 aliphatic carbocycles. The number of carbonyl (C=O) groups excluding carboxylic acids is 2. The van der Waals surface area contributed by atoms with Crippen LogP contribution in [0.2, 0.25) is 0 Å². The Labute approximate surface area is 156 Å². The van der Waals surface area contributed by atoms with Crippen LogP contribution in [0.5, 0.6) is 0 Å². The summed E-state index contributed by atoms with van der Waals surface area (Å²) >= 11 is 0. The second-order valence-corrected chi connectivity index (χ2v) is 7.89. The summed E-state index contributed by atoms with van der Waals surface area (Å²) in [7, 11) is 0. The first-order valence-corrected chi connectivity index (χ1v) is 9.92. The maximum atomic E-state index is 12.8. The molecule has 1 aromatic rings. The average molecular weight is 357 g/mol. The van der Waals surface area contributed by atoms with Gasteiger partial charge in [0.05, 0.1) is 12.5 Å². The Bertz CT molecular complexity index is 656. The molecule has 1 saturated carbocycles. The van der Waals surface area contributed by atoms with Gasteiger partial charge in [-0.3, -0.25) is 9.59 Å². The molecule has 0 aromatic heterocycles. The van der Waals surface area contributed by atoms with Crippen molar-refractivity contribution in [1.82, 2.24) is 10.6 Å². The molecular formula is C21H31N3O2. The van der Waals surface area contributed by atoms with Crippen LogP contribution in [0, 0.1) is 5.92 Å². The van der Waals surface area contributed by atoms with Crippen molar-refractivity contribution in [3.63, 3.8) is 0 Å². The number of amides is 2. The van der Waals surface area contributed by atoms with E-state index in [1.165, 1.54) is 12.8 Å². The van der Waals surface area contributed by atoms with Crippen molar-refractivity contribution in [1.29, 1.82) is 0 Å². The van der Waals surface area contributed by atoms with E-state index in [4.69, 9.17) is 0 Å². The smallest absolute Gasteiger partial charge is 0.239 e. The molecule has 3 atom stereocenters. The summed E-state index contributed by atoms with van der Waals surface area (Å²) in [5.74, 6) is 0.692. The maximum Gasteiger partial charge on any atom is 0.239 e. The topological polar surface area (TPSA) is 61.4 Å². The summed E-state index contributed by atoms with van der Waals surface area (Å²) < 4.78 is 0. The van der Waals surface area contributed by atoms with Crippen molar-refractivity contribution in [2.24, 2.45) is 5.92 Å². The van der Waals surface area contributed by atoms with Gasteiger partial charge in [-0.25, -0.2) is 0 Å². The van der Waals surface area contributed by atoms with E-state index < -0.39 is 0 Å². The quantitative estimate of drug-likeness (QED) is 0.789. The summed E-state index contributed by atoms with van der Waals surface area (Å²) in [4.78, 5) is 27.3. The van der Waals surface area contributed by atoms with E-state index in [2.05, 4.69) is 29.4 Å². The standard InChI is InChI=1S/C21H31N3O2/c1-4-14(2)23-21(26)18-11-15(3)24(19-8-6-5-7-17(18)19)13-20(25)22-12-16-9-10-16/h5-8,14-16,18H,4,9-13H2,1-3H3,(H,22,25)(H,23,26)/t14-,15-,18+/m0/s1. The van der Waals surface area contributed by atoms with Crippen molar-refractivity contribution in [3.8, 4) is 0 Å². The SMILES string of the molecule is CC[C@H](C)NC(=O)[C@@H]1C[C@H](C)N(CC(=O)NCC2CC2)c2ccccc21. The number of anilines is 1. The molecule has 3 rings (SSSR count). The summed E-state index contributed by atoms with van der Waals surface area (Å²) in [6.07, 6.45) is 4.12. The van der Waals surface area contributed by atoms with Crippen LogP contribution >= 0.6 is 0 Å². The van der Waals surface area contributed by atoms with Gasteiger partial charge >= 0.3 is 0 Å². The molecule has 1 fully saturated rings. The lowest BCUT2D eigenvalue weighted by atomic mass is 9.85. The van der Waals surface area contributed by atoms with Crippen LogP contribution in [0.1, 0.15) is 57.9 Å². The predicted octanol–water partition coefficient (Wildman–Crippen LogP) is 2.81. The number of hydrogen-bond acceptors (Lipinski definition) is 3. The second-order valence-electron chi connectivity index (χ2n) is 7.89. The van der Waals surface area contributed by atoms with Gasteiger partial charge in [-0.05, 0) is 57.1 Å². The fourth-order valence-electron chi connectivity index (χ4n) is 3.60. The van der Waals surface area contributed by atoms with Gasteiger partial charge in [-0.1, -0.05) is 25.1 Å². The number of hydrogen-bond donors (Lipinski definition) is 2. The third-order valence-electron chi connectivity index (χ3n) is 5.65. The van der Waals surface area contributed by atoms with Gasteiger partial charge < -0.3 is 15.5 Å². The predicted molar refractivity (Wildman–Crippen MR) is 104 cm³/mol. The third kappa shape index (κ3) is 4.37. The minimum Gasteiger partial charge on any atom is -0.359 e. The highest BCUT2D eigenvalue weighted by Crippen LogP contribution is 2.38. The zero-order valence-corrected chi connectivity index (χ0v) is 16.1. The number of benzene rings is 1. The Morgan fingerprint density at radius 1 is 1.27 bits per heavy atom. The molecular weight excluding hydrogens is 326 g/mol. The first-order chi connectivity index (χ1) is 12.5. The fraction of sp³-hybridized carbons (Fsp3) is 0.619. The van der Waals surface area contributed by atoms with Gasteiger partial charge in [-0.15, -0.1) is 0 Å². The average Bonchev–Trinajstić information content (AvgIpc) is 3.46. The van der Waals surface area contributed by atoms with E-state index in [1.807, 2.05) is 31.2 Å². The van der Waals surface area contributed by atoms with E-state index in [0.29, 0.717) is 12.5 Å². The van der Waals surface area contributed by atoms with Crippen LogP contribution in [0.4, 0.5) is 5.69 Å². The third-order valence-corrected chi connectivity index (χ3v) is 5.65. The molecule has 0 spiro atoms. The van der Waals surface area contributed by atoms with Crippen molar-refractivity contribution in [2.75, 3.05) is 18.0 Å². The minimum absolute atomic E-state index is 0.0704. The maximum absolute atomic E-state index is 12.8. The van der Waals surface area contributed by atoms with Crippen molar-refractivity contribution < 1.29 is 9.59 Å². The fourth-order valence-corrected chi connectivity index (χ4v) is 3.60. The highest BCUT2D eigenvalue weighted by atomic mass is 16.2. The van der Waals surface area contributed by atoms with Crippen LogP contribution in [-0.4, -0.2) is 37.0 Å². The Balaban J connectivity index is 1.74. The lowest BCUT2D eigenvalue weighted by molar-refractivity contribution is -0.123. The summed E-state index contributed by atoms with van der Waals surface area (Å²) in [6, 6.07) is 8.33. The first kappa shape index (κ1) is 18.7. The van der Waals surface area contributed by atoms with Crippen molar-refractivity contribution in [3.05, 3.63) is 29.8 Å². The van der Waals surface area contributed by atoms with E-state index >= 15 is 0 Å². The summed E-state index contributed by atoms with van der Waals surface area (Å²) in [5, 5.41) is 6.17. The van der Waals surface area contributed by atoms with E-state index in [9.17, 15) is 9.59 Å². The Morgan fingerprint density at radius 3 is 2.69 bits per heavy atom. The van der Waals surface area contributed by atoms with Crippen LogP contribution in [0.15, 0.2) is 24.3 Å². The molecule has 2 aliphatic rings. The number of para-hydroxylation sites is 1. The Hall–Kier alpha value is -2.04. The summed E-state index contributed by atoms with van der Waals surface area (Å²) in [5.41, 5.74) is 2.04. The molecule has 2 N–H and O–H groups in total. The zero-order valence-electron chi connectivity index (χ0n) is 16.1. The number of fused-ring (bicyclic) bond motifs is 1. The molecule has 142 valence electrons. The molecule has 1 aromatic carbocycles. The van der Waals surface area contributed by atoms with Crippen molar-refractivity contribution >= 4 is 17.5 Å². The number of nitrogens with zero attached hydrogens (tertiary/aromatic N) is 1. The van der Waals surface area contributed by atoms with Crippen molar-refractivity contribution in [2.45, 2.75) is 64.5 Å². The normalized spacial score (nSPS) is 23.1. The summed E-state index contributed by atoms with van der Waals surface area (Å²) in [6.45, 7) is 7.36. The van der Waals surface area contributed by atoms with Gasteiger partial charge in [0.1, 0.15) is 0 Å². The molecule has 1 heterocycles. The molecule has 5 heteroatoms. The molecule has 0 bridgehead atoms. The van der Waals surface area contributed by atoms with Gasteiger partial charge in [0.2, 0.25) is 11.8 Å². The number of rotatable bonds is 7. The van der Waals surface area contributed by atoms with E-state index in [-0.39, 0.29) is 29.8 Å². The lowest BCUT2D eigenvalue weighted by Crippen LogP contribution is -2.48. The Kier molecular flexibility index (Phi) is 5.84. The van der Waals surface area contributed by atoms with E-state index in [0.717, 1.165) is 30.6 Å². The monoisotopic (exact) mass is 357 g/mol. The molecule has 2 amide bonds. The minimum atomic E-state index is -0.152. The first-order valence-electron chi connectivity index (χ1n) is 9.92. The number of nitrogens with one attached hydrogen (secondary N) is 2. The highest BCUT2D eigenvalue weighted by Gasteiger charge is 2.35. The van der Waals surface area contributed by atoms with Crippen LogP contribution in [0.25, 0.3) is 0 Å². The van der Waals surface area contributed by atoms with Crippen LogP contribution in [0.3, 0.4) is 0 Å². The molecule has 0 radical (unpaired) electrons.